The minimum absolute atomic E-state index is 1.10. The average molecular weight is 843 g/mol. The molecule has 0 aliphatic heterocycles. The Morgan fingerprint density at radius 3 is 1.64 bits per heavy atom. The van der Waals surface area contributed by atoms with Crippen LogP contribution in [-0.2, 0) is 0 Å². The smallest absolute Gasteiger partial charge is 0.0544 e. The lowest BCUT2D eigenvalue weighted by atomic mass is 10.00. The topological polar surface area (TPSA) is 19.0 Å². The first kappa shape index (κ1) is 41.6. The van der Waals surface area contributed by atoms with Gasteiger partial charge in [0.2, 0.25) is 0 Å². The number of anilines is 3. The number of aromatic amines is 1. The second-order valence-corrected chi connectivity index (χ2v) is 16.5. The third-order valence-corrected chi connectivity index (χ3v) is 12.7. The molecule has 0 amide bonds. The number of aromatic nitrogens is 1. The van der Waals surface area contributed by atoms with Crippen molar-refractivity contribution < 1.29 is 0 Å². The van der Waals surface area contributed by atoms with Crippen LogP contribution in [0.2, 0.25) is 0 Å². The van der Waals surface area contributed by atoms with E-state index in [4.69, 9.17) is 0 Å². The number of hydrogen-bond donors (Lipinski definition) is 1. The maximum atomic E-state index is 3.72. The number of benzene rings is 9. The highest BCUT2D eigenvalue weighted by Gasteiger charge is 2.17. The number of thiophene rings is 1. The Bertz CT molecular complexity index is 3360. The van der Waals surface area contributed by atoms with Crippen LogP contribution in [0.1, 0.15) is 20.8 Å². The van der Waals surface area contributed by atoms with E-state index in [1.807, 2.05) is 44.3 Å². The van der Waals surface area contributed by atoms with E-state index in [2.05, 4.69) is 229 Å². The summed E-state index contributed by atoms with van der Waals surface area (Å²) in [5, 5.41) is 5.09. The van der Waals surface area contributed by atoms with Crippen LogP contribution < -0.4 is 4.90 Å². The highest BCUT2D eigenvalue weighted by Crippen LogP contribution is 2.42. The van der Waals surface area contributed by atoms with Gasteiger partial charge in [-0.1, -0.05) is 190 Å². The predicted molar refractivity (Wildman–Crippen MR) is 281 cm³/mol. The number of nitrogens with zero attached hydrogens (tertiary/aromatic N) is 1. The van der Waals surface area contributed by atoms with Gasteiger partial charge >= 0.3 is 0 Å². The zero-order valence-electron chi connectivity index (χ0n) is 36.5. The van der Waals surface area contributed by atoms with E-state index in [9.17, 15) is 0 Å². The number of nitrogens with one attached hydrogen (secondary N) is 1. The molecule has 2 heterocycles. The highest BCUT2D eigenvalue weighted by atomic mass is 32.1. The molecule has 1 N–H and O–H groups in total. The van der Waals surface area contributed by atoms with Gasteiger partial charge in [0.25, 0.3) is 0 Å². The first-order chi connectivity index (χ1) is 31.6. The summed E-state index contributed by atoms with van der Waals surface area (Å²) in [5.41, 5.74) is 15.3. The van der Waals surface area contributed by atoms with Gasteiger partial charge in [0.05, 0.1) is 5.52 Å². The van der Waals surface area contributed by atoms with Gasteiger partial charge in [0, 0.05) is 59.1 Å². The summed E-state index contributed by atoms with van der Waals surface area (Å²) < 4.78 is 2.62. The molecule has 9 aromatic carbocycles. The predicted octanol–water partition coefficient (Wildman–Crippen LogP) is 18.6. The maximum absolute atomic E-state index is 3.72. The van der Waals surface area contributed by atoms with Crippen molar-refractivity contribution in [1.82, 2.24) is 4.98 Å². The zero-order chi connectivity index (χ0) is 43.8. The van der Waals surface area contributed by atoms with E-state index in [-0.39, 0.29) is 0 Å². The van der Waals surface area contributed by atoms with Crippen molar-refractivity contribution in [2.24, 2.45) is 0 Å². The molecule has 0 aliphatic carbocycles. The molecule has 0 aliphatic rings. The molecule has 0 radical (unpaired) electrons. The largest absolute Gasteiger partial charge is 0.354 e. The first-order valence-corrected chi connectivity index (χ1v) is 22.9. The highest BCUT2D eigenvalue weighted by molar-refractivity contribution is 7.25. The van der Waals surface area contributed by atoms with Crippen LogP contribution in [0.15, 0.2) is 237 Å². The minimum atomic E-state index is 1.10. The molecule has 0 spiro atoms. The summed E-state index contributed by atoms with van der Waals surface area (Å²) in [6.45, 7) is 9.42. The number of fused-ring (bicyclic) bond motifs is 6. The molecule has 0 fully saturated rings. The Balaban J connectivity index is 0.000000695. The summed E-state index contributed by atoms with van der Waals surface area (Å²) in [6, 6.07) is 77.0. The molecule has 11 aromatic rings. The lowest BCUT2D eigenvalue weighted by Gasteiger charge is -2.26. The van der Waals surface area contributed by atoms with Crippen LogP contribution in [0.25, 0.3) is 86.5 Å². The Kier molecular flexibility index (Phi) is 12.4. The standard InChI is InChI=1S/C54H36N2S.C5H8.C2H6/c1-3-11-36(12-4-1)38-21-27-43(28-22-38)56(45-16-9-15-42(33-45)46-18-10-19-49-47-17-7-8-20-51(47)55-54(46)49)44-29-23-39(24-30-44)40-26-32-52-50(34-40)48-31-25-41(35-53(48)57-52)37-13-5-2-6-14-37;1-3-5-4-2;1-2/h1-35,55H;3-5H,1H2,2H3;1-2H3/b;5-4-;. The minimum Gasteiger partial charge on any atom is -0.354 e. The third kappa shape index (κ3) is 8.42. The maximum Gasteiger partial charge on any atom is 0.0544 e. The van der Waals surface area contributed by atoms with Crippen molar-refractivity contribution in [2.45, 2.75) is 20.8 Å². The summed E-state index contributed by atoms with van der Waals surface area (Å²) in [6.07, 6.45) is 5.58. The number of para-hydroxylation sites is 2. The van der Waals surface area contributed by atoms with Crippen LogP contribution in [0.5, 0.6) is 0 Å². The molecule has 0 saturated carbocycles. The Morgan fingerprint density at radius 1 is 0.422 bits per heavy atom. The van der Waals surface area contributed by atoms with Crippen molar-refractivity contribution in [3.63, 3.8) is 0 Å². The molecule has 0 atom stereocenters. The number of hydrogen-bond acceptors (Lipinski definition) is 2. The fraction of sp³-hybridized carbons (Fsp3) is 0.0492. The fourth-order valence-electron chi connectivity index (χ4n) is 8.51. The van der Waals surface area contributed by atoms with Crippen LogP contribution >= 0.6 is 11.3 Å². The molecule has 2 aromatic heterocycles. The fourth-order valence-corrected chi connectivity index (χ4v) is 9.64. The molecule has 2 nitrogen and oxygen atoms in total. The SMILES string of the molecule is C=C/C=C\C.CC.c1ccc(-c2ccc(N(c3ccc(-c4ccc5sc6cc(-c7ccccc7)ccc6c5c4)cc3)c3cccc(-c4cccc5c4[nH]c4ccccc45)c3)cc2)cc1. The summed E-state index contributed by atoms with van der Waals surface area (Å²) in [7, 11) is 0. The van der Waals surface area contributed by atoms with Crippen molar-refractivity contribution in [2.75, 3.05) is 4.90 Å². The Morgan fingerprint density at radius 2 is 0.969 bits per heavy atom. The van der Waals surface area contributed by atoms with Gasteiger partial charge in [0.15, 0.2) is 0 Å². The lowest BCUT2D eigenvalue weighted by molar-refractivity contribution is 1.28. The van der Waals surface area contributed by atoms with Crippen molar-refractivity contribution in [1.29, 1.82) is 0 Å². The first-order valence-electron chi connectivity index (χ1n) is 22.1. The number of allylic oxidation sites excluding steroid dienone is 3. The Labute approximate surface area is 380 Å². The van der Waals surface area contributed by atoms with Crippen molar-refractivity contribution in [3.05, 3.63) is 237 Å². The molecule has 310 valence electrons. The van der Waals surface area contributed by atoms with Gasteiger partial charge in [-0.05, 0) is 107 Å². The molecular weight excluding hydrogens is 793 g/mol. The molecule has 0 unspecified atom stereocenters. The monoisotopic (exact) mass is 842 g/mol. The average Bonchev–Trinajstić information content (AvgIpc) is 3.94. The van der Waals surface area contributed by atoms with E-state index in [0.717, 1.165) is 28.1 Å². The van der Waals surface area contributed by atoms with Crippen LogP contribution in [0.4, 0.5) is 17.1 Å². The van der Waals surface area contributed by atoms with Gasteiger partial charge in [-0.25, -0.2) is 0 Å². The van der Waals surface area contributed by atoms with Crippen molar-refractivity contribution >= 4 is 70.4 Å². The van der Waals surface area contributed by atoms with E-state index >= 15 is 0 Å². The molecular formula is C61H50N2S. The van der Waals surface area contributed by atoms with E-state index in [0.29, 0.717) is 0 Å². The summed E-state index contributed by atoms with van der Waals surface area (Å²) in [5.74, 6) is 0. The van der Waals surface area contributed by atoms with E-state index in [1.54, 1.807) is 6.08 Å². The molecule has 64 heavy (non-hydrogen) atoms. The number of H-pyrrole nitrogens is 1. The lowest BCUT2D eigenvalue weighted by Crippen LogP contribution is -2.10. The van der Waals surface area contributed by atoms with Gasteiger partial charge in [-0.3, -0.25) is 0 Å². The molecule has 11 rings (SSSR count). The van der Waals surface area contributed by atoms with Gasteiger partial charge in [-0.15, -0.1) is 11.3 Å². The van der Waals surface area contributed by atoms with E-state index < -0.39 is 0 Å². The van der Waals surface area contributed by atoms with Gasteiger partial charge < -0.3 is 9.88 Å². The third-order valence-electron chi connectivity index (χ3n) is 11.6. The summed E-state index contributed by atoms with van der Waals surface area (Å²) >= 11 is 1.87. The molecule has 0 bridgehead atoms. The van der Waals surface area contributed by atoms with E-state index in [1.165, 1.54) is 75.5 Å². The molecule has 3 heteroatoms. The zero-order valence-corrected chi connectivity index (χ0v) is 37.3. The quantitative estimate of drug-likeness (QED) is 0.151. The van der Waals surface area contributed by atoms with Crippen LogP contribution in [-0.4, -0.2) is 4.98 Å². The van der Waals surface area contributed by atoms with Gasteiger partial charge in [0.1, 0.15) is 0 Å². The normalized spacial score (nSPS) is 11.0. The van der Waals surface area contributed by atoms with Crippen LogP contribution in [0, 0.1) is 0 Å². The Hall–Kier alpha value is -7.72. The second-order valence-electron chi connectivity index (χ2n) is 15.4. The van der Waals surface area contributed by atoms with Crippen LogP contribution in [0.3, 0.4) is 0 Å². The number of rotatable bonds is 8. The summed E-state index contributed by atoms with van der Waals surface area (Å²) in [4.78, 5) is 6.08. The second kappa shape index (κ2) is 19.1. The van der Waals surface area contributed by atoms with Crippen molar-refractivity contribution in [3.8, 4) is 44.5 Å². The molecule has 0 saturated heterocycles. The van der Waals surface area contributed by atoms with Gasteiger partial charge in [-0.2, -0.15) is 0 Å².